The topological polar surface area (TPSA) is 87.6 Å². The summed E-state index contributed by atoms with van der Waals surface area (Å²) in [5.74, 6) is -0.361. The normalized spacial score (nSPS) is 12.0. The fraction of sp³-hybridized carbons (Fsp3) is 0.125. The van der Waals surface area contributed by atoms with Crippen molar-refractivity contribution in [1.29, 1.82) is 0 Å². The standard InChI is InChI=1S/C16H16ClN3O3S/c1-11(12-5-9-15(10-6-12)24(22,23)18-2)19-20-16(21)13-3-7-14(17)8-4-13/h3-10,18H,1-2H3,(H,20,21)/b19-11-. The Morgan fingerprint density at radius 2 is 1.54 bits per heavy atom. The van der Waals surface area contributed by atoms with Crippen LogP contribution >= 0.6 is 11.6 Å². The third-order valence-electron chi connectivity index (χ3n) is 3.28. The Morgan fingerprint density at radius 1 is 1.00 bits per heavy atom. The van der Waals surface area contributed by atoms with Crippen molar-refractivity contribution < 1.29 is 13.2 Å². The number of nitrogens with zero attached hydrogens (tertiary/aromatic N) is 1. The number of carbonyl (C=O) groups excluding carboxylic acids is 1. The first-order chi connectivity index (χ1) is 11.3. The van der Waals surface area contributed by atoms with Gasteiger partial charge in [-0.2, -0.15) is 5.10 Å². The molecule has 0 aliphatic heterocycles. The Morgan fingerprint density at radius 3 is 2.08 bits per heavy atom. The molecule has 2 rings (SSSR count). The Hall–Kier alpha value is -2.22. The quantitative estimate of drug-likeness (QED) is 0.630. The second kappa shape index (κ2) is 7.57. The Balaban J connectivity index is 2.10. The van der Waals surface area contributed by atoms with Gasteiger partial charge in [-0.25, -0.2) is 18.6 Å². The zero-order valence-corrected chi connectivity index (χ0v) is 14.6. The molecule has 0 atom stereocenters. The molecule has 0 bridgehead atoms. The van der Waals surface area contributed by atoms with Crippen LogP contribution < -0.4 is 10.1 Å². The molecule has 0 fully saturated rings. The van der Waals surface area contributed by atoms with Crippen LogP contribution in [0.4, 0.5) is 0 Å². The van der Waals surface area contributed by atoms with E-state index in [2.05, 4.69) is 15.2 Å². The van der Waals surface area contributed by atoms with Gasteiger partial charge in [0.05, 0.1) is 10.6 Å². The molecule has 0 spiro atoms. The first kappa shape index (κ1) is 18.1. The molecule has 0 heterocycles. The summed E-state index contributed by atoms with van der Waals surface area (Å²) in [5, 5.41) is 4.57. The van der Waals surface area contributed by atoms with Crippen molar-refractivity contribution in [2.75, 3.05) is 7.05 Å². The van der Waals surface area contributed by atoms with Gasteiger partial charge < -0.3 is 0 Å². The molecule has 0 radical (unpaired) electrons. The van der Waals surface area contributed by atoms with E-state index in [1.807, 2.05) is 0 Å². The van der Waals surface area contributed by atoms with Gasteiger partial charge in [0, 0.05) is 10.6 Å². The van der Waals surface area contributed by atoms with E-state index in [-0.39, 0.29) is 10.8 Å². The van der Waals surface area contributed by atoms with Crippen LogP contribution in [0.25, 0.3) is 0 Å². The highest BCUT2D eigenvalue weighted by Gasteiger charge is 2.11. The second-order valence-corrected chi connectivity index (χ2v) is 7.20. The van der Waals surface area contributed by atoms with Crippen LogP contribution in [0.1, 0.15) is 22.8 Å². The highest BCUT2D eigenvalue weighted by Crippen LogP contribution is 2.11. The molecule has 0 saturated heterocycles. The van der Waals surface area contributed by atoms with Gasteiger partial charge in [-0.3, -0.25) is 4.79 Å². The summed E-state index contributed by atoms with van der Waals surface area (Å²) in [6.07, 6.45) is 0. The monoisotopic (exact) mass is 365 g/mol. The van der Waals surface area contributed by atoms with Crippen LogP contribution in [0.15, 0.2) is 58.5 Å². The summed E-state index contributed by atoms with van der Waals surface area (Å²) < 4.78 is 25.6. The van der Waals surface area contributed by atoms with E-state index >= 15 is 0 Å². The number of sulfonamides is 1. The number of hydrogen-bond acceptors (Lipinski definition) is 4. The molecule has 0 aliphatic carbocycles. The predicted molar refractivity (Wildman–Crippen MR) is 93.8 cm³/mol. The van der Waals surface area contributed by atoms with E-state index in [0.717, 1.165) is 0 Å². The lowest BCUT2D eigenvalue weighted by atomic mass is 10.1. The average Bonchev–Trinajstić information content (AvgIpc) is 2.60. The smallest absolute Gasteiger partial charge is 0.267 e. The molecule has 0 unspecified atom stereocenters. The van der Waals surface area contributed by atoms with Crippen molar-refractivity contribution in [3.05, 3.63) is 64.7 Å². The van der Waals surface area contributed by atoms with Crippen molar-refractivity contribution >= 4 is 33.2 Å². The summed E-state index contributed by atoms with van der Waals surface area (Å²) >= 11 is 5.77. The van der Waals surface area contributed by atoms with Crippen LogP contribution in [-0.4, -0.2) is 27.1 Å². The largest absolute Gasteiger partial charge is 0.271 e. The molecular formula is C16H16ClN3O3S. The Bertz CT molecular complexity index is 860. The lowest BCUT2D eigenvalue weighted by Crippen LogP contribution is -2.19. The van der Waals surface area contributed by atoms with E-state index in [0.29, 0.717) is 21.9 Å². The molecular weight excluding hydrogens is 350 g/mol. The zero-order chi connectivity index (χ0) is 17.7. The van der Waals surface area contributed by atoms with Crippen molar-refractivity contribution in [3.63, 3.8) is 0 Å². The van der Waals surface area contributed by atoms with E-state index < -0.39 is 10.0 Å². The molecule has 6 nitrogen and oxygen atoms in total. The van der Waals surface area contributed by atoms with Gasteiger partial charge in [0.1, 0.15) is 0 Å². The van der Waals surface area contributed by atoms with Gasteiger partial charge in [0.15, 0.2) is 0 Å². The van der Waals surface area contributed by atoms with Crippen molar-refractivity contribution in [1.82, 2.24) is 10.1 Å². The Kier molecular flexibility index (Phi) is 5.71. The van der Waals surface area contributed by atoms with Crippen molar-refractivity contribution in [2.24, 2.45) is 5.10 Å². The van der Waals surface area contributed by atoms with Gasteiger partial charge >= 0.3 is 0 Å². The summed E-state index contributed by atoms with van der Waals surface area (Å²) in [6, 6.07) is 12.6. The number of hydrazone groups is 1. The molecule has 8 heteroatoms. The average molecular weight is 366 g/mol. The maximum absolute atomic E-state index is 12.0. The highest BCUT2D eigenvalue weighted by atomic mass is 35.5. The molecule has 0 aromatic heterocycles. The molecule has 126 valence electrons. The van der Waals surface area contributed by atoms with Gasteiger partial charge in [-0.05, 0) is 55.9 Å². The number of nitrogens with one attached hydrogen (secondary N) is 2. The van der Waals surface area contributed by atoms with Crippen LogP contribution in [-0.2, 0) is 10.0 Å². The van der Waals surface area contributed by atoms with E-state index in [1.165, 1.54) is 19.2 Å². The van der Waals surface area contributed by atoms with E-state index in [4.69, 9.17) is 11.6 Å². The highest BCUT2D eigenvalue weighted by molar-refractivity contribution is 7.89. The number of hydrogen-bond donors (Lipinski definition) is 2. The van der Waals surface area contributed by atoms with Crippen LogP contribution in [0, 0.1) is 0 Å². The molecule has 2 N–H and O–H groups in total. The van der Waals surface area contributed by atoms with E-state index in [1.54, 1.807) is 43.3 Å². The van der Waals surface area contributed by atoms with Crippen LogP contribution in [0.2, 0.25) is 5.02 Å². The number of rotatable bonds is 5. The van der Waals surface area contributed by atoms with Crippen LogP contribution in [0.5, 0.6) is 0 Å². The minimum atomic E-state index is -3.48. The molecule has 0 aliphatic rings. The molecule has 2 aromatic rings. The third-order valence-corrected chi connectivity index (χ3v) is 4.96. The Labute approximate surface area is 145 Å². The van der Waals surface area contributed by atoms with E-state index in [9.17, 15) is 13.2 Å². The number of benzene rings is 2. The van der Waals surface area contributed by atoms with Crippen molar-refractivity contribution in [3.8, 4) is 0 Å². The number of amides is 1. The molecule has 0 saturated carbocycles. The lowest BCUT2D eigenvalue weighted by molar-refractivity contribution is 0.0955. The zero-order valence-electron chi connectivity index (χ0n) is 13.1. The SMILES string of the molecule is CNS(=O)(=O)c1ccc(/C(C)=N\NC(=O)c2ccc(Cl)cc2)cc1. The van der Waals surface area contributed by atoms with Gasteiger partial charge in [0.25, 0.3) is 5.91 Å². The first-order valence-electron chi connectivity index (χ1n) is 6.97. The maximum atomic E-state index is 12.0. The van der Waals surface area contributed by atoms with Crippen molar-refractivity contribution in [2.45, 2.75) is 11.8 Å². The molecule has 1 amide bonds. The maximum Gasteiger partial charge on any atom is 0.271 e. The fourth-order valence-electron chi connectivity index (χ4n) is 1.86. The molecule has 24 heavy (non-hydrogen) atoms. The molecule has 2 aromatic carbocycles. The summed E-state index contributed by atoms with van der Waals surface area (Å²) in [7, 11) is -2.13. The van der Waals surface area contributed by atoms with Gasteiger partial charge in [-0.1, -0.05) is 23.7 Å². The van der Waals surface area contributed by atoms with Crippen LogP contribution in [0.3, 0.4) is 0 Å². The first-order valence-corrected chi connectivity index (χ1v) is 8.84. The number of carbonyl (C=O) groups is 1. The minimum Gasteiger partial charge on any atom is -0.267 e. The second-order valence-electron chi connectivity index (χ2n) is 4.88. The van der Waals surface area contributed by atoms with Gasteiger partial charge in [-0.15, -0.1) is 0 Å². The predicted octanol–water partition coefficient (Wildman–Crippen LogP) is 2.40. The minimum absolute atomic E-state index is 0.159. The third kappa shape index (κ3) is 4.41. The lowest BCUT2D eigenvalue weighted by Gasteiger charge is -2.05. The summed E-state index contributed by atoms with van der Waals surface area (Å²) in [5.41, 5.74) is 4.13. The summed E-state index contributed by atoms with van der Waals surface area (Å²) in [6.45, 7) is 1.71. The summed E-state index contributed by atoms with van der Waals surface area (Å²) in [4.78, 5) is 12.1. The van der Waals surface area contributed by atoms with Gasteiger partial charge in [0.2, 0.25) is 10.0 Å². The number of halogens is 1. The fourth-order valence-corrected chi connectivity index (χ4v) is 2.71.